The second-order valence-electron chi connectivity index (χ2n) is 11.9. The van der Waals surface area contributed by atoms with Gasteiger partial charge in [-0.25, -0.2) is 0 Å². The summed E-state index contributed by atoms with van der Waals surface area (Å²) < 4.78 is 6.24. The molecule has 2 amide bonds. The first-order chi connectivity index (χ1) is 20.5. The summed E-state index contributed by atoms with van der Waals surface area (Å²) in [5.41, 5.74) is 11.3. The second-order valence-corrected chi connectivity index (χ2v) is 11.9. The Morgan fingerprint density at radius 1 is 1.26 bits per heavy atom. The Morgan fingerprint density at radius 3 is 2.56 bits per heavy atom. The van der Waals surface area contributed by atoms with Crippen molar-refractivity contribution in [2.75, 3.05) is 44.4 Å². The number of fused-ring (bicyclic) bond motifs is 2. The molecule has 0 saturated carbocycles. The van der Waals surface area contributed by atoms with Gasteiger partial charge in [-0.05, 0) is 44.6 Å². The average Bonchev–Trinajstić information content (AvgIpc) is 3.09. The molecule has 0 aromatic carbocycles. The zero-order chi connectivity index (χ0) is 31.3. The third-order valence-corrected chi connectivity index (χ3v) is 9.16. The van der Waals surface area contributed by atoms with Gasteiger partial charge in [-0.2, -0.15) is 0 Å². The summed E-state index contributed by atoms with van der Waals surface area (Å²) in [5.74, 6) is -0.289. The molecule has 4 aliphatic heterocycles. The molecule has 10 heteroatoms. The Bertz CT molecular complexity index is 1360. The number of pyridine rings is 1. The van der Waals surface area contributed by atoms with Crippen LogP contribution in [0.15, 0.2) is 64.1 Å². The van der Waals surface area contributed by atoms with Crippen molar-refractivity contribution in [2.45, 2.75) is 78.2 Å². The van der Waals surface area contributed by atoms with E-state index in [1.807, 2.05) is 13.8 Å². The van der Waals surface area contributed by atoms with Crippen LogP contribution in [0.4, 0.5) is 11.4 Å². The predicted molar refractivity (Wildman–Crippen MR) is 173 cm³/mol. The first kappa shape index (κ1) is 32.3. The topological polar surface area (TPSA) is 122 Å². The van der Waals surface area contributed by atoms with E-state index < -0.39 is 0 Å². The van der Waals surface area contributed by atoms with Crippen molar-refractivity contribution in [1.82, 2.24) is 9.88 Å². The molecule has 10 nitrogen and oxygen atoms in total. The number of ether oxygens (including phenoxy) is 1. The monoisotopic (exact) mass is 590 g/mol. The van der Waals surface area contributed by atoms with Crippen LogP contribution >= 0.6 is 0 Å². The Labute approximate surface area is 256 Å². The van der Waals surface area contributed by atoms with Crippen LogP contribution in [0.5, 0.6) is 0 Å². The standard InChI is InChI=1S/C33H47N7O3/c1-8-27-11-10-24(25(15-34)16-35-6)12-21(3)40(27,7)31(9-2)22(4)33(42)38-30-13-26(17-36-23(30)5)37-32(41)20-39-18-28-14-29(19-39)43-28/h10-13,15-17,21,27-29H,8-9,14,18-20H2,1-7H3,(H3-,34,35,37,38,41,42)/p+1/b31-22+. The zero-order valence-corrected chi connectivity index (χ0v) is 26.7. The lowest BCUT2D eigenvalue weighted by molar-refractivity contribution is -0.908. The minimum Gasteiger partial charge on any atom is -0.404 e. The fourth-order valence-corrected chi connectivity index (χ4v) is 6.69. The summed E-state index contributed by atoms with van der Waals surface area (Å²) in [6.45, 7) is 12.1. The summed E-state index contributed by atoms with van der Waals surface area (Å²) in [4.78, 5) is 37.3. The first-order valence-corrected chi connectivity index (χ1v) is 15.3. The Morgan fingerprint density at radius 2 is 1.95 bits per heavy atom. The van der Waals surface area contributed by atoms with Crippen molar-refractivity contribution in [3.63, 3.8) is 0 Å². The van der Waals surface area contributed by atoms with Crippen molar-refractivity contribution >= 4 is 29.4 Å². The van der Waals surface area contributed by atoms with Crippen molar-refractivity contribution in [3.8, 4) is 0 Å². The lowest BCUT2D eigenvalue weighted by Gasteiger charge is -2.46. The highest BCUT2D eigenvalue weighted by Gasteiger charge is 2.41. The molecule has 1 aromatic rings. The van der Waals surface area contributed by atoms with Gasteiger partial charge in [-0.3, -0.25) is 28.9 Å². The maximum atomic E-state index is 13.8. The molecule has 3 saturated heterocycles. The largest absolute Gasteiger partial charge is 0.404 e. The van der Waals surface area contributed by atoms with Crippen LogP contribution in [0.3, 0.4) is 0 Å². The van der Waals surface area contributed by atoms with E-state index in [-0.39, 0.29) is 36.1 Å². The number of piperidine rings is 1. The molecule has 43 heavy (non-hydrogen) atoms. The lowest BCUT2D eigenvalue weighted by Crippen LogP contribution is -2.58. The Balaban J connectivity index is 1.55. The van der Waals surface area contributed by atoms with Crippen LogP contribution in [0.1, 0.15) is 52.7 Å². The van der Waals surface area contributed by atoms with E-state index in [4.69, 9.17) is 10.5 Å². The molecule has 1 aromatic heterocycles. The van der Waals surface area contributed by atoms with Crippen molar-refractivity contribution < 1.29 is 18.8 Å². The van der Waals surface area contributed by atoms with E-state index in [0.717, 1.165) is 42.8 Å². The van der Waals surface area contributed by atoms with Gasteiger partial charge in [-0.1, -0.05) is 19.9 Å². The van der Waals surface area contributed by atoms with E-state index >= 15 is 0 Å². The Hall–Kier alpha value is -3.60. The molecule has 4 aliphatic rings. The number of anilines is 2. The number of aryl methyl sites for hydroxylation is 1. The maximum Gasteiger partial charge on any atom is 0.256 e. The van der Waals surface area contributed by atoms with E-state index in [9.17, 15) is 9.59 Å². The molecule has 232 valence electrons. The van der Waals surface area contributed by atoms with E-state index in [1.54, 1.807) is 31.7 Å². The summed E-state index contributed by atoms with van der Waals surface area (Å²) in [6, 6.07) is 1.99. The highest BCUT2D eigenvalue weighted by molar-refractivity contribution is 6.04. The number of aliphatic imine (C=N–C) groups is 1. The van der Waals surface area contributed by atoms with Gasteiger partial charge in [0.2, 0.25) is 5.91 Å². The molecule has 5 unspecified atom stereocenters. The molecule has 0 aliphatic carbocycles. The van der Waals surface area contributed by atoms with Gasteiger partial charge in [0.25, 0.3) is 5.91 Å². The number of quaternary nitrogens is 1. The molecule has 3 fully saturated rings. The summed E-state index contributed by atoms with van der Waals surface area (Å²) in [6.07, 6.45) is 14.7. The van der Waals surface area contributed by atoms with Gasteiger partial charge in [0, 0.05) is 57.4 Å². The predicted octanol–water partition coefficient (Wildman–Crippen LogP) is 4.08. The molecule has 0 spiro atoms. The number of rotatable bonds is 10. The number of nitrogens with one attached hydrogen (secondary N) is 2. The van der Waals surface area contributed by atoms with E-state index in [0.29, 0.717) is 40.1 Å². The van der Waals surface area contributed by atoms with Gasteiger partial charge < -0.3 is 21.1 Å². The van der Waals surface area contributed by atoms with E-state index in [2.05, 4.69) is 71.6 Å². The number of morpholine rings is 1. The molecule has 5 rings (SSSR count). The molecular weight excluding hydrogens is 542 g/mol. The van der Waals surface area contributed by atoms with Gasteiger partial charge in [0.05, 0.1) is 54.6 Å². The second kappa shape index (κ2) is 13.8. The first-order valence-electron chi connectivity index (χ1n) is 15.3. The Kier molecular flexibility index (Phi) is 10.4. The van der Waals surface area contributed by atoms with Crippen LogP contribution in [0.25, 0.3) is 0 Å². The fraction of sp³-hybridized carbons (Fsp3) is 0.515. The SMILES string of the molecule is CC/C(=C(/C)C(=O)Nc1cc(NC(=O)CN2CC3CC(C2)O3)cnc1C)[N+]1(C)C(C)C=C(/C(C=NC)=C/N)C=CC1CC. The normalized spacial score (nSPS) is 28.1. The molecular formula is C33H48N7O3+. The summed E-state index contributed by atoms with van der Waals surface area (Å²) in [7, 11) is 3.94. The minimum absolute atomic E-state index is 0.0622. The molecule has 5 atom stereocenters. The van der Waals surface area contributed by atoms with Crippen molar-refractivity contribution in [3.05, 3.63) is 64.8 Å². The number of likely N-dealkylation sites (N-methyl/N-ethyl adjacent to an activating group) is 1. The third kappa shape index (κ3) is 6.98. The van der Waals surface area contributed by atoms with Gasteiger partial charge >= 0.3 is 0 Å². The number of carbonyl (C=O) groups is 2. The minimum atomic E-state index is -0.183. The number of hydrogen-bond donors (Lipinski definition) is 3. The zero-order valence-electron chi connectivity index (χ0n) is 26.7. The summed E-state index contributed by atoms with van der Waals surface area (Å²) in [5, 5.41) is 6.03. The van der Waals surface area contributed by atoms with Crippen LogP contribution in [0.2, 0.25) is 0 Å². The highest BCUT2D eigenvalue weighted by atomic mass is 16.5. The number of carbonyl (C=O) groups excluding carboxylic acids is 2. The fourth-order valence-electron chi connectivity index (χ4n) is 6.69. The van der Waals surface area contributed by atoms with Gasteiger partial charge in [-0.15, -0.1) is 0 Å². The maximum absolute atomic E-state index is 13.8. The number of allylic oxidation sites excluding steroid dienone is 4. The molecule has 5 heterocycles. The highest BCUT2D eigenvalue weighted by Crippen LogP contribution is 2.36. The van der Waals surface area contributed by atoms with Gasteiger partial charge in [0.15, 0.2) is 0 Å². The summed E-state index contributed by atoms with van der Waals surface area (Å²) >= 11 is 0. The molecule has 2 bridgehead atoms. The number of nitrogens with zero attached hydrogens (tertiary/aromatic N) is 4. The number of amides is 2. The smallest absolute Gasteiger partial charge is 0.256 e. The van der Waals surface area contributed by atoms with Crippen LogP contribution in [-0.4, -0.2) is 90.4 Å². The number of aromatic nitrogens is 1. The lowest BCUT2D eigenvalue weighted by atomic mass is 9.99. The third-order valence-electron chi connectivity index (χ3n) is 9.16. The average molecular weight is 591 g/mol. The number of nitrogens with two attached hydrogens (primary N) is 1. The quantitative estimate of drug-likeness (QED) is 0.215. The van der Waals surface area contributed by atoms with Crippen LogP contribution < -0.4 is 16.4 Å². The van der Waals surface area contributed by atoms with Crippen LogP contribution in [-0.2, 0) is 14.3 Å². The van der Waals surface area contributed by atoms with Crippen LogP contribution in [0, 0.1) is 6.92 Å². The van der Waals surface area contributed by atoms with Crippen molar-refractivity contribution in [1.29, 1.82) is 0 Å². The molecule has 0 radical (unpaired) electrons. The van der Waals surface area contributed by atoms with Gasteiger partial charge in [0.1, 0.15) is 17.8 Å². The number of hydrogen-bond acceptors (Lipinski definition) is 7. The van der Waals surface area contributed by atoms with Crippen molar-refractivity contribution in [2.24, 2.45) is 10.7 Å². The molecule has 4 N–H and O–H groups in total. The van der Waals surface area contributed by atoms with E-state index in [1.165, 1.54) is 0 Å².